The van der Waals surface area contributed by atoms with E-state index in [1.807, 2.05) is 0 Å². The maximum Gasteiger partial charge on any atom is 0.418 e. The van der Waals surface area contributed by atoms with E-state index in [0.717, 1.165) is 11.1 Å². The molecule has 4 nitrogen and oxygen atoms in total. The van der Waals surface area contributed by atoms with E-state index >= 15 is 0 Å². The summed E-state index contributed by atoms with van der Waals surface area (Å²) in [6.07, 6.45) is -4.38. The number of carbonyl (C=O) groups excluding carboxylic acids is 1. The number of nitrogens with zero attached hydrogens (tertiary/aromatic N) is 2. The van der Waals surface area contributed by atoms with E-state index in [4.69, 9.17) is 5.11 Å². The van der Waals surface area contributed by atoms with Gasteiger partial charge in [-0.1, -0.05) is 12.1 Å². The van der Waals surface area contributed by atoms with Gasteiger partial charge in [0.1, 0.15) is 0 Å². The number of hydrogen-bond donors (Lipinski definition) is 1. The van der Waals surface area contributed by atoms with Crippen molar-refractivity contribution in [2.45, 2.75) is 12.6 Å². The van der Waals surface area contributed by atoms with E-state index in [9.17, 15) is 18.0 Å². The highest BCUT2D eigenvalue weighted by molar-refractivity contribution is 5.95. The molecule has 0 spiro atoms. The minimum atomic E-state index is -4.52. The number of aliphatic hydroxyl groups excluding tert-OH is 1. The van der Waals surface area contributed by atoms with Gasteiger partial charge in [0.25, 0.3) is 0 Å². The van der Waals surface area contributed by atoms with Gasteiger partial charge in [0.05, 0.1) is 17.9 Å². The first-order valence-corrected chi connectivity index (χ1v) is 5.80. The van der Waals surface area contributed by atoms with Crippen molar-refractivity contribution in [2.75, 3.05) is 24.7 Å². The van der Waals surface area contributed by atoms with E-state index in [-0.39, 0.29) is 25.3 Å². The standard InChI is InChI=1S/C12H13F3N2O2/c13-12(14,15)9-3-1-2-4-10(9)17-11(19)5-6-16(17)7-8-18/h1-4,18H,5-8H2. The molecule has 0 unspecified atom stereocenters. The quantitative estimate of drug-likeness (QED) is 0.911. The van der Waals surface area contributed by atoms with Crippen molar-refractivity contribution in [1.82, 2.24) is 5.01 Å². The minimum Gasteiger partial charge on any atom is -0.395 e. The van der Waals surface area contributed by atoms with Gasteiger partial charge >= 0.3 is 6.18 Å². The molecule has 0 radical (unpaired) electrons. The molecule has 104 valence electrons. The van der Waals surface area contributed by atoms with Crippen molar-refractivity contribution in [2.24, 2.45) is 0 Å². The van der Waals surface area contributed by atoms with Crippen LogP contribution >= 0.6 is 0 Å². The zero-order valence-electron chi connectivity index (χ0n) is 10.0. The predicted octanol–water partition coefficient (Wildman–Crippen LogP) is 1.65. The smallest absolute Gasteiger partial charge is 0.395 e. The summed E-state index contributed by atoms with van der Waals surface area (Å²) in [5, 5.41) is 11.3. The molecule has 1 heterocycles. The molecule has 1 N–H and O–H groups in total. The third kappa shape index (κ3) is 2.71. The van der Waals surface area contributed by atoms with Gasteiger partial charge in [-0.3, -0.25) is 4.79 Å². The lowest BCUT2D eigenvalue weighted by molar-refractivity contribution is -0.137. The van der Waals surface area contributed by atoms with E-state index in [2.05, 4.69) is 0 Å². The number of aliphatic hydroxyl groups is 1. The highest BCUT2D eigenvalue weighted by Gasteiger charge is 2.39. The molecular formula is C12H13F3N2O2. The lowest BCUT2D eigenvalue weighted by Crippen LogP contribution is -2.41. The molecule has 1 aromatic rings. The fourth-order valence-corrected chi connectivity index (χ4v) is 2.10. The Kier molecular flexibility index (Phi) is 3.77. The molecule has 0 bridgehead atoms. The van der Waals surface area contributed by atoms with Crippen molar-refractivity contribution in [3.8, 4) is 0 Å². The topological polar surface area (TPSA) is 43.8 Å². The third-order valence-electron chi connectivity index (χ3n) is 2.90. The van der Waals surface area contributed by atoms with E-state index in [1.54, 1.807) is 0 Å². The van der Waals surface area contributed by atoms with Crippen LogP contribution in [0.3, 0.4) is 0 Å². The largest absolute Gasteiger partial charge is 0.418 e. The number of para-hydroxylation sites is 1. The molecule has 0 saturated carbocycles. The van der Waals surface area contributed by atoms with Crippen LogP contribution in [0.2, 0.25) is 0 Å². The predicted molar refractivity (Wildman–Crippen MR) is 62.2 cm³/mol. The van der Waals surface area contributed by atoms with Crippen LogP contribution in [-0.2, 0) is 11.0 Å². The van der Waals surface area contributed by atoms with E-state index in [0.29, 0.717) is 6.54 Å². The van der Waals surface area contributed by atoms with Crippen LogP contribution in [0.25, 0.3) is 0 Å². The van der Waals surface area contributed by atoms with Gasteiger partial charge in [0.2, 0.25) is 5.91 Å². The molecule has 2 rings (SSSR count). The highest BCUT2D eigenvalue weighted by atomic mass is 19.4. The van der Waals surface area contributed by atoms with E-state index < -0.39 is 17.6 Å². The van der Waals surface area contributed by atoms with Gasteiger partial charge in [0, 0.05) is 19.5 Å². The lowest BCUT2D eigenvalue weighted by atomic mass is 10.1. The molecule has 19 heavy (non-hydrogen) atoms. The average molecular weight is 274 g/mol. The molecule has 1 saturated heterocycles. The van der Waals surface area contributed by atoms with Crippen molar-refractivity contribution in [3.05, 3.63) is 29.8 Å². The van der Waals surface area contributed by atoms with Crippen LogP contribution < -0.4 is 5.01 Å². The Morgan fingerprint density at radius 3 is 2.58 bits per heavy atom. The lowest BCUT2D eigenvalue weighted by Gasteiger charge is -2.29. The first-order chi connectivity index (χ1) is 8.95. The van der Waals surface area contributed by atoms with Crippen molar-refractivity contribution < 1.29 is 23.1 Å². The maximum atomic E-state index is 12.9. The van der Waals surface area contributed by atoms with Crippen LogP contribution in [0, 0.1) is 0 Å². The molecule has 0 aromatic heterocycles. The van der Waals surface area contributed by atoms with Crippen LogP contribution in [0.4, 0.5) is 18.9 Å². The maximum absolute atomic E-state index is 12.9. The summed E-state index contributed by atoms with van der Waals surface area (Å²) in [6.45, 7) is 0.210. The summed E-state index contributed by atoms with van der Waals surface area (Å²) in [6, 6.07) is 4.94. The number of amides is 1. The van der Waals surface area contributed by atoms with Crippen LogP contribution in [0.5, 0.6) is 0 Å². The Balaban J connectivity index is 2.42. The highest BCUT2D eigenvalue weighted by Crippen LogP contribution is 2.38. The molecule has 7 heteroatoms. The Labute approximate surface area is 108 Å². The summed E-state index contributed by atoms with van der Waals surface area (Å²) >= 11 is 0. The van der Waals surface area contributed by atoms with Crippen molar-refractivity contribution in [3.63, 3.8) is 0 Å². The second-order valence-corrected chi connectivity index (χ2v) is 4.15. The number of carbonyl (C=O) groups is 1. The molecule has 1 fully saturated rings. The molecule has 1 amide bonds. The zero-order valence-corrected chi connectivity index (χ0v) is 10.0. The summed E-state index contributed by atoms with van der Waals surface area (Å²) in [5.41, 5.74) is -1.04. The number of hydrogen-bond acceptors (Lipinski definition) is 3. The second-order valence-electron chi connectivity index (χ2n) is 4.15. The van der Waals surface area contributed by atoms with Crippen LogP contribution in [-0.4, -0.2) is 35.7 Å². The summed E-state index contributed by atoms with van der Waals surface area (Å²) in [5.74, 6) is -0.398. The number of β-amino-alcohol motifs (C(OH)–C–C–N with tert-alkyl or cyclic N) is 1. The fourth-order valence-electron chi connectivity index (χ4n) is 2.10. The third-order valence-corrected chi connectivity index (χ3v) is 2.90. The van der Waals surface area contributed by atoms with Gasteiger partial charge in [-0.25, -0.2) is 10.0 Å². The average Bonchev–Trinajstić information content (AvgIpc) is 2.70. The number of halogens is 3. The van der Waals surface area contributed by atoms with E-state index in [1.165, 1.54) is 23.2 Å². The first kappa shape index (κ1) is 13.8. The molecule has 0 atom stereocenters. The van der Waals surface area contributed by atoms with Gasteiger partial charge in [-0.05, 0) is 12.1 Å². The fraction of sp³-hybridized carbons (Fsp3) is 0.417. The van der Waals surface area contributed by atoms with Crippen molar-refractivity contribution in [1.29, 1.82) is 0 Å². The Hall–Kier alpha value is -1.60. The normalized spacial score (nSPS) is 17.3. The van der Waals surface area contributed by atoms with Crippen LogP contribution in [0.15, 0.2) is 24.3 Å². The van der Waals surface area contributed by atoms with Crippen molar-refractivity contribution >= 4 is 11.6 Å². The number of rotatable bonds is 3. The number of anilines is 1. The summed E-state index contributed by atoms with van der Waals surface area (Å²) < 4.78 is 38.8. The summed E-state index contributed by atoms with van der Waals surface area (Å²) in [4.78, 5) is 11.8. The Morgan fingerprint density at radius 2 is 1.95 bits per heavy atom. The molecule has 1 aliphatic heterocycles. The van der Waals surface area contributed by atoms with Gasteiger partial charge < -0.3 is 5.11 Å². The number of benzene rings is 1. The second kappa shape index (κ2) is 5.18. The molecule has 1 aliphatic rings. The SMILES string of the molecule is O=C1CCN(CCO)N1c1ccccc1C(F)(F)F. The molecule has 1 aromatic carbocycles. The van der Waals surface area contributed by atoms with Crippen LogP contribution in [0.1, 0.15) is 12.0 Å². The number of alkyl halides is 3. The zero-order chi connectivity index (χ0) is 14.0. The Bertz CT molecular complexity index is 476. The van der Waals surface area contributed by atoms with Gasteiger partial charge in [0.15, 0.2) is 0 Å². The summed E-state index contributed by atoms with van der Waals surface area (Å²) in [7, 11) is 0. The molecule has 0 aliphatic carbocycles. The van der Waals surface area contributed by atoms with Gasteiger partial charge in [-0.15, -0.1) is 0 Å². The molecular weight excluding hydrogens is 261 g/mol. The minimum absolute atomic E-state index is 0.123. The first-order valence-electron chi connectivity index (χ1n) is 5.80. The number of hydrazine groups is 1. The Morgan fingerprint density at radius 1 is 1.26 bits per heavy atom. The van der Waals surface area contributed by atoms with Gasteiger partial charge in [-0.2, -0.15) is 13.2 Å². The monoisotopic (exact) mass is 274 g/mol.